The van der Waals surface area contributed by atoms with Crippen LogP contribution in [0.1, 0.15) is 51.9 Å². The minimum Gasteiger partial charge on any atom is -0.480 e. The Morgan fingerprint density at radius 2 is 1.95 bits per heavy atom. The lowest BCUT2D eigenvalue weighted by molar-refractivity contribution is -0.150. The Hall–Kier alpha value is -0.910. The number of likely N-dealkylation sites (tertiary alicyclic amines) is 1. The standard InChI is InChI=1S/C15H28N2O3S/c1-15(13(18)19)9-5-7-11-17(15)14(20)16-10-6-3-4-8-12-21-2/h3-12H2,1-2H3,(H,16,20)(H,18,19). The lowest BCUT2D eigenvalue weighted by Crippen LogP contribution is -2.60. The van der Waals surface area contributed by atoms with Crippen molar-refractivity contribution in [1.82, 2.24) is 10.2 Å². The number of thioether (sulfide) groups is 1. The first-order chi connectivity index (χ1) is 10.0. The highest BCUT2D eigenvalue weighted by molar-refractivity contribution is 7.98. The summed E-state index contributed by atoms with van der Waals surface area (Å²) < 4.78 is 0. The van der Waals surface area contributed by atoms with Gasteiger partial charge in [0, 0.05) is 13.1 Å². The number of carbonyl (C=O) groups is 2. The number of nitrogens with zero attached hydrogens (tertiary/aromatic N) is 1. The number of carboxylic acid groups (broad SMARTS) is 1. The number of nitrogens with one attached hydrogen (secondary N) is 1. The van der Waals surface area contributed by atoms with E-state index in [1.807, 2.05) is 11.8 Å². The molecule has 6 heteroatoms. The molecule has 1 aliphatic rings. The molecule has 0 radical (unpaired) electrons. The smallest absolute Gasteiger partial charge is 0.329 e. The molecule has 0 spiro atoms. The van der Waals surface area contributed by atoms with Crippen molar-refractivity contribution in [2.45, 2.75) is 57.4 Å². The third-order valence-corrected chi connectivity index (χ3v) is 4.85. The molecule has 1 saturated heterocycles. The van der Waals surface area contributed by atoms with E-state index in [4.69, 9.17) is 0 Å². The molecule has 2 amide bonds. The molecule has 1 heterocycles. The van der Waals surface area contributed by atoms with Crippen LogP contribution >= 0.6 is 11.8 Å². The first-order valence-corrected chi connectivity index (χ1v) is 9.19. The van der Waals surface area contributed by atoms with Crippen LogP contribution in [0.3, 0.4) is 0 Å². The van der Waals surface area contributed by atoms with Gasteiger partial charge in [-0.3, -0.25) is 0 Å². The van der Waals surface area contributed by atoms with Gasteiger partial charge in [-0.2, -0.15) is 11.8 Å². The fraction of sp³-hybridized carbons (Fsp3) is 0.867. The second-order valence-corrected chi connectivity index (χ2v) is 6.81. The zero-order valence-electron chi connectivity index (χ0n) is 13.2. The highest BCUT2D eigenvalue weighted by atomic mass is 32.2. The zero-order valence-corrected chi connectivity index (χ0v) is 14.0. The lowest BCUT2D eigenvalue weighted by atomic mass is 9.89. The molecule has 0 aromatic heterocycles. The van der Waals surface area contributed by atoms with Crippen LogP contribution in [0.4, 0.5) is 4.79 Å². The van der Waals surface area contributed by atoms with Crippen molar-refractivity contribution in [3.05, 3.63) is 0 Å². The largest absolute Gasteiger partial charge is 0.480 e. The Bertz CT molecular complexity index is 352. The van der Waals surface area contributed by atoms with Gasteiger partial charge in [0.25, 0.3) is 0 Å². The van der Waals surface area contributed by atoms with Gasteiger partial charge in [0.2, 0.25) is 0 Å². The second kappa shape index (κ2) is 9.18. The van der Waals surface area contributed by atoms with E-state index in [9.17, 15) is 14.7 Å². The Morgan fingerprint density at radius 3 is 2.62 bits per heavy atom. The summed E-state index contributed by atoms with van der Waals surface area (Å²) in [5.74, 6) is 0.284. The maximum atomic E-state index is 12.2. The number of urea groups is 1. The fourth-order valence-corrected chi connectivity index (χ4v) is 3.18. The van der Waals surface area contributed by atoms with Gasteiger partial charge in [0.15, 0.2) is 0 Å². The molecule has 0 bridgehead atoms. The summed E-state index contributed by atoms with van der Waals surface area (Å²) in [5.41, 5.74) is -1.05. The van der Waals surface area contributed by atoms with Gasteiger partial charge >= 0.3 is 12.0 Å². The first kappa shape index (κ1) is 18.1. The molecule has 0 saturated carbocycles. The van der Waals surface area contributed by atoms with Crippen molar-refractivity contribution in [3.63, 3.8) is 0 Å². The van der Waals surface area contributed by atoms with Crippen molar-refractivity contribution < 1.29 is 14.7 Å². The van der Waals surface area contributed by atoms with E-state index in [2.05, 4.69) is 11.6 Å². The number of carboxylic acids is 1. The molecule has 5 nitrogen and oxygen atoms in total. The number of rotatable bonds is 8. The van der Waals surface area contributed by atoms with E-state index >= 15 is 0 Å². The fourth-order valence-electron chi connectivity index (χ4n) is 2.68. The Morgan fingerprint density at radius 1 is 1.24 bits per heavy atom. The molecule has 0 aliphatic carbocycles. The summed E-state index contributed by atoms with van der Waals surface area (Å²) in [4.78, 5) is 25.1. The molecule has 1 aliphatic heterocycles. The van der Waals surface area contributed by atoms with Gasteiger partial charge in [-0.1, -0.05) is 12.8 Å². The Balaban J connectivity index is 2.31. The van der Waals surface area contributed by atoms with Gasteiger partial charge in [-0.05, 0) is 51.0 Å². The molecule has 0 aromatic rings. The topological polar surface area (TPSA) is 69.6 Å². The monoisotopic (exact) mass is 316 g/mol. The van der Waals surface area contributed by atoms with E-state index in [-0.39, 0.29) is 6.03 Å². The first-order valence-electron chi connectivity index (χ1n) is 7.80. The number of hydrogen-bond donors (Lipinski definition) is 2. The van der Waals surface area contributed by atoms with E-state index in [0.717, 1.165) is 25.7 Å². The van der Waals surface area contributed by atoms with Crippen LogP contribution in [0.25, 0.3) is 0 Å². The summed E-state index contributed by atoms with van der Waals surface area (Å²) in [5, 5.41) is 12.3. The highest BCUT2D eigenvalue weighted by Gasteiger charge is 2.43. The molecule has 1 rings (SSSR count). The predicted molar refractivity (Wildman–Crippen MR) is 86.8 cm³/mol. The van der Waals surface area contributed by atoms with Gasteiger partial charge in [-0.25, -0.2) is 9.59 Å². The van der Waals surface area contributed by atoms with Gasteiger partial charge in [-0.15, -0.1) is 0 Å². The van der Waals surface area contributed by atoms with Crippen LogP contribution < -0.4 is 5.32 Å². The summed E-state index contributed by atoms with van der Waals surface area (Å²) in [7, 11) is 0. The molecule has 21 heavy (non-hydrogen) atoms. The van der Waals surface area contributed by atoms with E-state index < -0.39 is 11.5 Å². The summed E-state index contributed by atoms with van der Waals surface area (Å²) in [6, 6.07) is -0.233. The van der Waals surface area contributed by atoms with Gasteiger partial charge in [0.05, 0.1) is 0 Å². The van der Waals surface area contributed by atoms with E-state index in [0.29, 0.717) is 19.5 Å². The van der Waals surface area contributed by atoms with Crippen molar-refractivity contribution in [3.8, 4) is 0 Å². The molecule has 1 atom stereocenters. The van der Waals surface area contributed by atoms with Crippen LogP contribution in [0.15, 0.2) is 0 Å². The van der Waals surface area contributed by atoms with E-state index in [1.165, 1.54) is 23.5 Å². The molecule has 1 fully saturated rings. The van der Waals surface area contributed by atoms with Crippen molar-refractivity contribution in [1.29, 1.82) is 0 Å². The van der Waals surface area contributed by atoms with Crippen LogP contribution in [0, 0.1) is 0 Å². The van der Waals surface area contributed by atoms with Crippen molar-refractivity contribution in [2.75, 3.05) is 25.1 Å². The number of amides is 2. The Labute approximate surface area is 131 Å². The molecule has 0 aromatic carbocycles. The predicted octanol–water partition coefficient (Wildman–Crippen LogP) is 2.95. The molecule has 2 N–H and O–H groups in total. The summed E-state index contributed by atoms with van der Waals surface area (Å²) >= 11 is 1.86. The zero-order chi connectivity index (χ0) is 15.7. The van der Waals surface area contributed by atoms with Crippen LogP contribution in [-0.2, 0) is 4.79 Å². The molecular weight excluding hydrogens is 288 g/mol. The number of unbranched alkanes of at least 4 members (excludes halogenated alkanes) is 3. The average molecular weight is 316 g/mol. The normalized spacial score (nSPS) is 22.1. The Kier molecular flexibility index (Phi) is 7.93. The maximum absolute atomic E-state index is 12.2. The lowest BCUT2D eigenvalue weighted by Gasteiger charge is -2.41. The minimum atomic E-state index is -1.05. The van der Waals surface area contributed by atoms with E-state index in [1.54, 1.807) is 6.92 Å². The van der Waals surface area contributed by atoms with Crippen molar-refractivity contribution >= 4 is 23.8 Å². The van der Waals surface area contributed by atoms with Crippen LogP contribution in [0.5, 0.6) is 0 Å². The maximum Gasteiger partial charge on any atom is 0.329 e. The summed E-state index contributed by atoms with van der Waals surface area (Å²) in [6.45, 7) is 2.81. The molecular formula is C15H28N2O3S. The third kappa shape index (κ3) is 5.41. The summed E-state index contributed by atoms with van der Waals surface area (Å²) in [6.07, 6.45) is 8.86. The molecule has 1 unspecified atom stereocenters. The number of aliphatic carboxylic acids is 1. The van der Waals surface area contributed by atoms with Gasteiger partial charge < -0.3 is 15.3 Å². The highest BCUT2D eigenvalue weighted by Crippen LogP contribution is 2.28. The van der Waals surface area contributed by atoms with Crippen LogP contribution in [0.2, 0.25) is 0 Å². The third-order valence-electron chi connectivity index (χ3n) is 4.15. The number of piperidine rings is 1. The number of carbonyl (C=O) groups excluding carboxylic acids is 1. The van der Waals surface area contributed by atoms with Crippen molar-refractivity contribution in [2.24, 2.45) is 0 Å². The average Bonchev–Trinajstić information content (AvgIpc) is 2.46. The van der Waals surface area contributed by atoms with Crippen LogP contribution in [-0.4, -0.2) is 52.6 Å². The second-order valence-electron chi connectivity index (χ2n) is 5.83. The number of hydrogen-bond acceptors (Lipinski definition) is 3. The van der Waals surface area contributed by atoms with Gasteiger partial charge in [0.1, 0.15) is 5.54 Å². The SMILES string of the molecule is CSCCCCCCNC(=O)N1CCCCC1(C)C(=O)O. The molecule has 122 valence electrons. The quantitative estimate of drug-likeness (QED) is 0.676. The minimum absolute atomic E-state index is 0.233.